The highest BCUT2D eigenvalue weighted by atomic mass is 31.2. The molecule has 0 amide bonds. The first-order valence-corrected chi connectivity index (χ1v) is 9.89. The first kappa shape index (κ1) is 19.9. The average Bonchev–Trinajstić information content (AvgIpc) is 3.22. The van der Waals surface area contributed by atoms with Crippen molar-refractivity contribution in [2.24, 2.45) is 0 Å². The van der Waals surface area contributed by atoms with Crippen LogP contribution in [0.5, 0.6) is 0 Å². The van der Waals surface area contributed by atoms with Gasteiger partial charge in [-0.05, 0) is 18.9 Å². The van der Waals surface area contributed by atoms with Crippen LogP contribution in [0.15, 0.2) is 39.6 Å². The number of nitrogens with zero attached hydrogens (tertiary/aromatic N) is 2. The molecular weight excluding hydrogens is 379 g/mol. The Morgan fingerprint density at radius 3 is 2.74 bits per heavy atom. The van der Waals surface area contributed by atoms with E-state index in [4.69, 9.17) is 14.5 Å². The normalized spacial score (nSPS) is 25.2. The molecule has 1 fully saturated rings. The van der Waals surface area contributed by atoms with E-state index in [0.29, 0.717) is 12.0 Å². The van der Waals surface area contributed by atoms with Crippen LogP contribution >= 0.6 is 7.82 Å². The molecule has 10 nitrogen and oxygen atoms in total. The maximum absolute atomic E-state index is 12.8. The van der Waals surface area contributed by atoms with Gasteiger partial charge >= 0.3 is 13.5 Å². The van der Waals surface area contributed by atoms with E-state index >= 15 is 0 Å². The molecule has 0 radical (unpaired) electrons. The summed E-state index contributed by atoms with van der Waals surface area (Å²) in [6, 6.07) is 0. The predicted molar refractivity (Wildman–Crippen MR) is 94.1 cm³/mol. The number of rotatable bonds is 6. The molecule has 1 aliphatic carbocycles. The molecule has 11 heteroatoms. The monoisotopic (exact) mass is 400 g/mol. The number of hydrogen-bond acceptors (Lipinski definition) is 6. The molecule has 0 spiro atoms. The van der Waals surface area contributed by atoms with Crippen LogP contribution < -0.4 is 11.2 Å². The van der Waals surface area contributed by atoms with E-state index in [0.717, 1.165) is 10.1 Å². The van der Waals surface area contributed by atoms with Gasteiger partial charge in [-0.3, -0.25) is 18.5 Å². The number of hydrogen-bond donors (Lipinski definition) is 3. The Labute approximate surface area is 154 Å². The van der Waals surface area contributed by atoms with Gasteiger partial charge in [0.1, 0.15) is 12.3 Å². The minimum atomic E-state index is -4.70. The summed E-state index contributed by atoms with van der Waals surface area (Å²) in [6.45, 7) is 1.22. The fourth-order valence-corrected chi connectivity index (χ4v) is 3.46. The zero-order valence-corrected chi connectivity index (χ0v) is 15.5. The van der Waals surface area contributed by atoms with Crippen molar-refractivity contribution in [3.05, 3.63) is 56.4 Å². The lowest BCUT2D eigenvalue weighted by atomic mass is 10.2. The van der Waals surface area contributed by atoms with Crippen LogP contribution in [-0.2, 0) is 20.4 Å². The van der Waals surface area contributed by atoms with Crippen molar-refractivity contribution in [2.75, 3.05) is 6.61 Å². The lowest BCUT2D eigenvalue weighted by Gasteiger charge is -2.18. The maximum atomic E-state index is 12.8. The summed E-state index contributed by atoms with van der Waals surface area (Å²) in [5.74, 6) is 0. The van der Waals surface area contributed by atoms with E-state index in [-0.39, 0.29) is 13.0 Å². The number of ether oxygens (including phenoxy) is 1. The largest absolute Gasteiger partial charge is 0.469 e. The SMILES string of the molecule is Cc1cn([C@H]2C[C@H](O)[C@@H](COP(=O)(O)O)O2)c(=O)n(CC2=CC=CC2)c1=O. The van der Waals surface area contributed by atoms with Crippen molar-refractivity contribution in [3.8, 4) is 0 Å². The van der Waals surface area contributed by atoms with Crippen molar-refractivity contribution in [1.82, 2.24) is 9.13 Å². The lowest BCUT2D eigenvalue weighted by Crippen LogP contribution is -2.42. The van der Waals surface area contributed by atoms with E-state index in [1.165, 1.54) is 10.8 Å². The molecule has 1 saturated heterocycles. The minimum absolute atomic E-state index is 0.0248. The molecule has 148 valence electrons. The molecule has 3 rings (SSSR count). The number of allylic oxidation sites excluding steroid dienone is 4. The third-order valence-electron chi connectivity index (χ3n) is 4.50. The van der Waals surface area contributed by atoms with Crippen molar-refractivity contribution < 1.29 is 28.7 Å². The number of phosphoric ester groups is 1. The molecule has 1 aliphatic heterocycles. The lowest BCUT2D eigenvalue weighted by molar-refractivity contribution is -0.0455. The molecule has 0 aromatic carbocycles. The standard InChI is InChI=1S/C16H21N2O8P/c1-10-7-17(14-6-12(19)13(26-14)9-25-27(22,23)24)16(21)18(15(10)20)8-11-4-2-3-5-11/h2-4,7,12-14,19H,5-6,8-9H2,1H3,(H2,22,23,24)/t12-,13+,14+/m0/s1. The molecule has 0 saturated carbocycles. The summed E-state index contributed by atoms with van der Waals surface area (Å²) >= 11 is 0. The molecular formula is C16H21N2O8P. The Kier molecular flexibility index (Phi) is 5.66. The Balaban J connectivity index is 1.84. The molecule has 3 atom stereocenters. The van der Waals surface area contributed by atoms with Gasteiger partial charge in [0.2, 0.25) is 0 Å². The van der Waals surface area contributed by atoms with Gasteiger partial charge in [-0.15, -0.1) is 0 Å². The first-order chi connectivity index (χ1) is 12.7. The van der Waals surface area contributed by atoms with Crippen molar-refractivity contribution in [3.63, 3.8) is 0 Å². The smallest absolute Gasteiger partial charge is 0.390 e. The highest BCUT2D eigenvalue weighted by molar-refractivity contribution is 7.46. The zero-order chi connectivity index (χ0) is 19.8. The molecule has 2 heterocycles. The molecule has 27 heavy (non-hydrogen) atoms. The van der Waals surface area contributed by atoms with Gasteiger partial charge in [0.25, 0.3) is 5.56 Å². The van der Waals surface area contributed by atoms with Gasteiger partial charge in [0.15, 0.2) is 0 Å². The zero-order valence-electron chi connectivity index (χ0n) is 14.6. The molecule has 2 aliphatic rings. The maximum Gasteiger partial charge on any atom is 0.469 e. The summed E-state index contributed by atoms with van der Waals surface area (Å²) in [4.78, 5) is 42.8. The molecule has 0 unspecified atom stereocenters. The number of aromatic nitrogens is 2. The van der Waals surface area contributed by atoms with Gasteiger partial charge in [0.05, 0.1) is 19.3 Å². The van der Waals surface area contributed by atoms with Crippen LogP contribution in [0.1, 0.15) is 24.6 Å². The Hall–Kier alpha value is -1.81. The summed E-state index contributed by atoms with van der Waals surface area (Å²) in [5, 5.41) is 10.1. The molecule has 3 N–H and O–H groups in total. The number of phosphoric acid groups is 1. The van der Waals surface area contributed by atoms with E-state index in [9.17, 15) is 19.3 Å². The summed E-state index contributed by atoms with van der Waals surface area (Å²) in [5.41, 5.74) is 0.289. The minimum Gasteiger partial charge on any atom is -0.390 e. The fourth-order valence-electron chi connectivity index (χ4n) is 3.12. The van der Waals surface area contributed by atoms with Gasteiger partial charge in [0, 0.05) is 18.2 Å². The number of aryl methyl sites for hydroxylation is 1. The summed E-state index contributed by atoms with van der Waals surface area (Å²) < 4.78 is 23.1. The Morgan fingerprint density at radius 2 is 2.11 bits per heavy atom. The van der Waals surface area contributed by atoms with Crippen molar-refractivity contribution in [1.29, 1.82) is 0 Å². The van der Waals surface area contributed by atoms with Crippen LogP contribution in [0, 0.1) is 6.92 Å². The predicted octanol–water partition coefficient (Wildman–Crippen LogP) is -0.0376. The summed E-state index contributed by atoms with van der Waals surface area (Å²) in [7, 11) is -4.70. The van der Waals surface area contributed by atoms with Crippen molar-refractivity contribution >= 4 is 7.82 Å². The highest BCUT2D eigenvalue weighted by Crippen LogP contribution is 2.38. The van der Waals surface area contributed by atoms with Gasteiger partial charge < -0.3 is 19.6 Å². The molecule has 0 bridgehead atoms. The highest BCUT2D eigenvalue weighted by Gasteiger charge is 2.37. The first-order valence-electron chi connectivity index (χ1n) is 8.36. The number of aliphatic hydroxyl groups is 1. The van der Waals surface area contributed by atoms with Gasteiger partial charge in [-0.2, -0.15) is 0 Å². The fraction of sp³-hybridized carbons (Fsp3) is 0.500. The van der Waals surface area contributed by atoms with E-state index in [2.05, 4.69) is 4.52 Å². The Morgan fingerprint density at radius 1 is 1.37 bits per heavy atom. The van der Waals surface area contributed by atoms with E-state index in [1.54, 1.807) is 6.92 Å². The van der Waals surface area contributed by atoms with Crippen LogP contribution in [0.4, 0.5) is 0 Å². The Bertz CT molecular complexity index is 941. The summed E-state index contributed by atoms with van der Waals surface area (Å²) in [6.07, 6.45) is 4.74. The topological polar surface area (TPSA) is 140 Å². The molecule has 1 aromatic rings. The van der Waals surface area contributed by atoms with Gasteiger partial charge in [-0.1, -0.05) is 18.2 Å². The van der Waals surface area contributed by atoms with E-state index < -0.39 is 44.1 Å². The van der Waals surface area contributed by atoms with Gasteiger partial charge in [-0.25, -0.2) is 9.36 Å². The quantitative estimate of drug-likeness (QED) is 0.565. The van der Waals surface area contributed by atoms with Crippen LogP contribution in [0.3, 0.4) is 0 Å². The van der Waals surface area contributed by atoms with Crippen LogP contribution in [0.25, 0.3) is 0 Å². The molecule has 1 aromatic heterocycles. The second-order valence-electron chi connectivity index (χ2n) is 6.57. The second kappa shape index (κ2) is 7.67. The third-order valence-corrected chi connectivity index (χ3v) is 4.98. The number of aliphatic hydroxyl groups excluding tert-OH is 1. The van der Waals surface area contributed by atoms with Crippen molar-refractivity contribution in [2.45, 2.75) is 44.7 Å². The van der Waals surface area contributed by atoms with Crippen LogP contribution in [-0.4, -0.2) is 42.8 Å². The third kappa shape index (κ3) is 4.55. The average molecular weight is 400 g/mol. The van der Waals surface area contributed by atoms with Crippen LogP contribution in [0.2, 0.25) is 0 Å². The van der Waals surface area contributed by atoms with E-state index in [1.807, 2.05) is 18.2 Å². The second-order valence-corrected chi connectivity index (χ2v) is 7.81.